The molecule has 4 nitrogen and oxygen atoms in total. The van der Waals surface area contributed by atoms with Crippen molar-refractivity contribution >= 4 is 11.6 Å². The minimum atomic E-state index is 0.212. The van der Waals surface area contributed by atoms with Crippen molar-refractivity contribution in [3.63, 3.8) is 0 Å². The van der Waals surface area contributed by atoms with Crippen LogP contribution in [0.25, 0.3) is 0 Å². The van der Waals surface area contributed by atoms with E-state index in [1.54, 1.807) is 6.33 Å². The number of hydrogen-bond donors (Lipinski definition) is 1. The van der Waals surface area contributed by atoms with E-state index >= 15 is 0 Å². The van der Waals surface area contributed by atoms with Crippen molar-refractivity contribution < 1.29 is 0 Å². The lowest BCUT2D eigenvalue weighted by Gasteiger charge is -2.34. The molecule has 0 spiro atoms. The molecule has 2 heterocycles. The van der Waals surface area contributed by atoms with Crippen LogP contribution in [0, 0.1) is 0 Å². The van der Waals surface area contributed by atoms with Crippen molar-refractivity contribution in [1.29, 1.82) is 0 Å². The maximum atomic E-state index is 4.51. The average molecular weight is 234 g/mol. The molecule has 2 rings (SSSR count). The van der Waals surface area contributed by atoms with Crippen LogP contribution in [0.4, 0.5) is 11.6 Å². The van der Waals surface area contributed by atoms with E-state index in [9.17, 15) is 0 Å². The molecule has 1 aliphatic heterocycles. The second-order valence-electron chi connectivity index (χ2n) is 5.20. The van der Waals surface area contributed by atoms with Gasteiger partial charge in [0.25, 0.3) is 0 Å². The van der Waals surface area contributed by atoms with Crippen LogP contribution in [0.1, 0.15) is 39.2 Å². The van der Waals surface area contributed by atoms with E-state index < -0.39 is 0 Å². The van der Waals surface area contributed by atoms with E-state index in [-0.39, 0.29) is 5.54 Å². The monoisotopic (exact) mass is 234 g/mol. The maximum absolute atomic E-state index is 4.51. The molecule has 94 valence electrons. The Morgan fingerprint density at radius 2 is 2.18 bits per heavy atom. The molecule has 1 aromatic rings. The van der Waals surface area contributed by atoms with Crippen LogP contribution in [0.15, 0.2) is 6.33 Å². The first-order valence-corrected chi connectivity index (χ1v) is 6.39. The summed E-state index contributed by atoms with van der Waals surface area (Å²) in [6, 6.07) is 0. The highest BCUT2D eigenvalue weighted by Gasteiger charge is 2.34. The second kappa shape index (κ2) is 4.51. The number of anilines is 2. The van der Waals surface area contributed by atoms with E-state index in [0.717, 1.165) is 24.6 Å². The molecule has 0 aromatic carbocycles. The van der Waals surface area contributed by atoms with Gasteiger partial charge in [-0.15, -0.1) is 0 Å². The Hall–Kier alpha value is -1.32. The topological polar surface area (TPSA) is 41.1 Å². The Balaban J connectivity index is 2.44. The Kier molecular flexibility index (Phi) is 3.22. The smallest absolute Gasteiger partial charge is 0.137 e. The molecular formula is C13H22N4. The van der Waals surface area contributed by atoms with Gasteiger partial charge in [0, 0.05) is 24.7 Å². The third-order valence-corrected chi connectivity index (χ3v) is 3.67. The highest BCUT2D eigenvalue weighted by Crippen LogP contribution is 2.35. The number of nitrogens with zero attached hydrogens (tertiary/aromatic N) is 3. The number of rotatable bonds is 3. The van der Waals surface area contributed by atoms with Crippen molar-refractivity contribution in [2.45, 2.75) is 45.6 Å². The van der Waals surface area contributed by atoms with Crippen molar-refractivity contribution in [3.8, 4) is 0 Å². The number of nitrogens with one attached hydrogen (secondary N) is 1. The molecule has 1 aliphatic rings. The maximum Gasteiger partial charge on any atom is 0.137 e. The van der Waals surface area contributed by atoms with Crippen molar-refractivity contribution in [2.75, 3.05) is 23.8 Å². The van der Waals surface area contributed by atoms with Gasteiger partial charge < -0.3 is 10.2 Å². The van der Waals surface area contributed by atoms with E-state index in [0.29, 0.717) is 0 Å². The van der Waals surface area contributed by atoms with E-state index in [2.05, 4.69) is 41.0 Å². The Labute approximate surface area is 103 Å². The molecular weight excluding hydrogens is 212 g/mol. The van der Waals surface area contributed by atoms with Gasteiger partial charge in [0.05, 0.1) is 0 Å². The molecule has 0 bridgehead atoms. The number of aromatic nitrogens is 2. The molecule has 0 atom stereocenters. The molecule has 1 fully saturated rings. The van der Waals surface area contributed by atoms with Crippen LogP contribution in [-0.4, -0.2) is 29.1 Å². The summed E-state index contributed by atoms with van der Waals surface area (Å²) in [7, 11) is 1.92. The summed E-state index contributed by atoms with van der Waals surface area (Å²) in [5.41, 5.74) is 1.44. The third-order valence-electron chi connectivity index (χ3n) is 3.67. The van der Waals surface area contributed by atoms with Gasteiger partial charge in [-0.3, -0.25) is 0 Å². The zero-order valence-electron chi connectivity index (χ0n) is 11.2. The van der Waals surface area contributed by atoms with Crippen molar-refractivity contribution in [3.05, 3.63) is 11.9 Å². The average Bonchev–Trinajstić information content (AvgIpc) is 2.67. The predicted octanol–water partition coefficient (Wildman–Crippen LogP) is 2.46. The summed E-state index contributed by atoms with van der Waals surface area (Å²) in [6.45, 7) is 7.84. The molecule has 0 amide bonds. The molecule has 1 N–H and O–H groups in total. The zero-order valence-corrected chi connectivity index (χ0v) is 11.2. The van der Waals surface area contributed by atoms with Gasteiger partial charge in [0.1, 0.15) is 18.0 Å². The summed E-state index contributed by atoms with van der Waals surface area (Å²) in [5.74, 6) is 2.06. The fourth-order valence-corrected chi connectivity index (χ4v) is 2.68. The van der Waals surface area contributed by atoms with Crippen LogP contribution >= 0.6 is 0 Å². The van der Waals surface area contributed by atoms with Crippen LogP contribution in [0.5, 0.6) is 0 Å². The lowest BCUT2D eigenvalue weighted by atomic mass is 10.0. The Bertz CT molecular complexity index is 400. The summed E-state index contributed by atoms with van der Waals surface area (Å²) in [5, 5.41) is 3.16. The molecule has 1 aromatic heterocycles. The second-order valence-corrected chi connectivity index (χ2v) is 5.20. The molecule has 0 unspecified atom stereocenters. The summed E-state index contributed by atoms with van der Waals surface area (Å²) in [4.78, 5) is 11.2. The Morgan fingerprint density at radius 3 is 2.71 bits per heavy atom. The van der Waals surface area contributed by atoms with Crippen LogP contribution in [0.2, 0.25) is 0 Å². The Morgan fingerprint density at radius 1 is 1.41 bits per heavy atom. The minimum absolute atomic E-state index is 0.212. The van der Waals surface area contributed by atoms with Crippen LogP contribution < -0.4 is 10.2 Å². The highest BCUT2D eigenvalue weighted by molar-refractivity contribution is 5.60. The first kappa shape index (κ1) is 12.1. The van der Waals surface area contributed by atoms with E-state index in [1.807, 2.05) is 7.05 Å². The van der Waals surface area contributed by atoms with E-state index in [1.165, 1.54) is 18.4 Å². The van der Waals surface area contributed by atoms with Gasteiger partial charge in [0.2, 0.25) is 0 Å². The summed E-state index contributed by atoms with van der Waals surface area (Å²) in [6.07, 6.45) is 5.09. The van der Waals surface area contributed by atoms with Gasteiger partial charge >= 0.3 is 0 Å². The lowest BCUT2D eigenvalue weighted by molar-refractivity contribution is 0.513. The molecule has 1 saturated heterocycles. The minimum Gasteiger partial charge on any atom is -0.373 e. The highest BCUT2D eigenvalue weighted by atomic mass is 15.3. The first-order chi connectivity index (χ1) is 8.10. The van der Waals surface area contributed by atoms with Crippen molar-refractivity contribution in [1.82, 2.24) is 9.97 Å². The van der Waals surface area contributed by atoms with Gasteiger partial charge in [0.15, 0.2) is 0 Å². The van der Waals surface area contributed by atoms with Gasteiger partial charge in [-0.1, -0.05) is 6.92 Å². The SMILES string of the molecule is CCc1c(NC)ncnc1N1CCCC1(C)C. The summed E-state index contributed by atoms with van der Waals surface area (Å²) < 4.78 is 0. The normalized spacial score (nSPS) is 18.5. The van der Waals surface area contributed by atoms with Gasteiger partial charge in [-0.2, -0.15) is 0 Å². The molecule has 0 aliphatic carbocycles. The lowest BCUT2D eigenvalue weighted by Crippen LogP contribution is -2.39. The molecule has 17 heavy (non-hydrogen) atoms. The van der Waals surface area contributed by atoms with Gasteiger partial charge in [-0.25, -0.2) is 9.97 Å². The quantitative estimate of drug-likeness (QED) is 0.872. The molecule has 0 radical (unpaired) electrons. The predicted molar refractivity (Wildman–Crippen MR) is 71.6 cm³/mol. The van der Waals surface area contributed by atoms with Gasteiger partial charge in [-0.05, 0) is 33.1 Å². The molecule has 4 heteroatoms. The largest absolute Gasteiger partial charge is 0.373 e. The fraction of sp³-hybridized carbons (Fsp3) is 0.692. The van der Waals surface area contributed by atoms with Crippen LogP contribution in [-0.2, 0) is 6.42 Å². The molecule has 0 saturated carbocycles. The van der Waals surface area contributed by atoms with Crippen molar-refractivity contribution in [2.24, 2.45) is 0 Å². The first-order valence-electron chi connectivity index (χ1n) is 6.39. The summed E-state index contributed by atoms with van der Waals surface area (Å²) >= 11 is 0. The number of hydrogen-bond acceptors (Lipinski definition) is 4. The third kappa shape index (κ3) is 2.08. The zero-order chi connectivity index (χ0) is 12.5. The van der Waals surface area contributed by atoms with Crippen LogP contribution in [0.3, 0.4) is 0 Å². The standard InChI is InChI=1S/C13H22N4/c1-5-10-11(14-4)15-9-16-12(10)17-8-6-7-13(17,2)3/h9H,5-8H2,1-4H3,(H,14,15,16). The fourth-order valence-electron chi connectivity index (χ4n) is 2.68. The van der Waals surface area contributed by atoms with E-state index in [4.69, 9.17) is 0 Å².